The molecule has 0 bridgehead atoms. The van der Waals surface area contributed by atoms with Crippen molar-refractivity contribution >= 4 is 11.6 Å². The first-order valence-corrected chi connectivity index (χ1v) is 8.09. The Morgan fingerprint density at radius 3 is 2.52 bits per heavy atom. The van der Waals surface area contributed by atoms with E-state index in [0.717, 1.165) is 31.0 Å². The van der Waals surface area contributed by atoms with Gasteiger partial charge in [0.2, 0.25) is 0 Å². The lowest BCUT2D eigenvalue weighted by molar-refractivity contribution is 0.576. The smallest absolute Gasteiger partial charge is 0.0440 e. The van der Waals surface area contributed by atoms with Crippen LogP contribution in [-0.4, -0.2) is 13.1 Å². The van der Waals surface area contributed by atoms with E-state index in [9.17, 15) is 0 Å². The fourth-order valence-corrected chi connectivity index (χ4v) is 2.88. The third kappa shape index (κ3) is 4.87. The second-order valence-electron chi connectivity index (χ2n) is 5.61. The van der Waals surface area contributed by atoms with Crippen LogP contribution in [0.1, 0.15) is 36.0 Å². The van der Waals surface area contributed by atoms with E-state index >= 15 is 0 Å². The largest absolute Gasteiger partial charge is 0.316 e. The number of halogens is 1. The van der Waals surface area contributed by atoms with Crippen molar-refractivity contribution < 1.29 is 0 Å². The van der Waals surface area contributed by atoms with Crippen LogP contribution in [0.5, 0.6) is 0 Å². The van der Waals surface area contributed by atoms with Crippen molar-refractivity contribution in [3.63, 3.8) is 0 Å². The van der Waals surface area contributed by atoms with Gasteiger partial charge >= 0.3 is 0 Å². The molecule has 2 aromatic carbocycles. The van der Waals surface area contributed by atoms with Gasteiger partial charge in [-0.05, 0) is 49.1 Å². The maximum atomic E-state index is 6.40. The SMILES string of the molecule is CCCNCC(Cc1ccc(C)cc1Cl)c1ccccc1. The van der Waals surface area contributed by atoms with E-state index < -0.39 is 0 Å². The fourth-order valence-electron chi connectivity index (χ4n) is 2.57. The first kappa shape index (κ1) is 16.1. The summed E-state index contributed by atoms with van der Waals surface area (Å²) in [5, 5.41) is 4.42. The quantitative estimate of drug-likeness (QED) is 0.712. The number of benzene rings is 2. The van der Waals surface area contributed by atoms with E-state index in [1.54, 1.807) is 0 Å². The van der Waals surface area contributed by atoms with E-state index in [1.807, 2.05) is 0 Å². The summed E-state index contributed by atoms with van der Waals surface area (Å²) in [5.41, 5.74) is 3.82. The van der Waals surface area contributed by atoms with Gasteiger partial charge in [0, 0.05) is 17.5 Å². The fraction of sp³-hybridized carbons (Fsp3) is 0.368. The minimum atomic E-state index is 0.456. The highest BCUT2D eigenvalue weighted by Crippen LogP contribution is 2.25. The lowest BCUT2D eigenvalue weighted by Crippen LogP contribution is -2.23. The highest BCUT2D eigenvalue weighted by Gasteiger charge is 2.13. The second kappa shape index (κ2) is 8.21. The molecule has 0 saturated carbocycles. The lowest BCUT2D eigenvalue weighted by Gasteiger charge is -2.19. The summed E-state index contributed by atoms with van der Waals surface area (Å²) in [4.78, 5) is 0. The zero-order valence-corrected chi connectivity index (χ0v) is 13.7. The summed E-state index contributed by atoms with van der Waals surface area (Å²) in [5.74, 6) is 0.456. The van der Waals surface area contributed by atoms with Crippen LogP contribution in [0.4, 0.5) is 0 Å². The van der Waals surface area contributed by atoms with Crippen molar-refractivity contribution in [2.45, 2.75) is 32.6 Å². The van der Waals surface area contributed by atoms with Crippen LogP contribution in [-0.2, 0) is 6.42 Å². The van der Waals surface area contributed by atoms with Gasteiger partial charge in [-0.15, -0.1) is 0 Å². The van der Waals surface area contributed by atoms with Crippen molar-refractivity contribution in [3.05, 3.63) is 70.2 Å². The molecule has 1 nitrogen and oxygen atoms in total. The summed E-state index contributed by atoms with van der Waals surface area (Å²) in [6, 6.07) is 17.1. The molecule has 2 heteroatoms. The van der Waals surface area contributed by atoms with Crippen LogP contribution in [0, 0.1) is 6.92 Å². The van der Waals surface area contributed by atoms with Crippen molar-refractivity contribution in [1.82, 2.24) is 5.32 Å². The van der Waals surface area contributed by atoms with Gasteiger partial charge in [0.15, 0.2) is 0 Å². The van der Waals surface area contributed by atoms with Crippen LogP contribution >= 0.6 is 11.6 Å². The Labute approximate surface area is 133 Å². The van der Waals surface area contributed by atoms with Crippen LogP contribution in [0.2, 0.25) is 5.02 Å². The molecular formula is C19H24ClN. The Bertz CT molecular complexity index is 551. The number of nitrogens with one attached hydrogen (secondary N) is 1. The topological polar surface area (TPSA) is 12.0 Å². The molecule has 0 aliphatic heterocycles. The maximum absolute atomic E-state index is 6.40. The predicted octanol–water partition coefficient (Wildman–Crippen LogP) is 4.97. The average Bonchev–Trinajstić information content (AvgIpc) is 2.49. The zero-order chi connectivity index (χ0) is 15.1. The summed E-state index contributed by atoms with van der Waals surface area (Å²) in [6.45, 7) is 6.32. The summed E-state index contributed by atoms with van der Waals surface area (Å²) < 4.78 is 0. The van der Waals surface area contributed by atoms with Gasteiger partial charge in [-0.1, -0.05) is 61.0 Å². The van der Waals surface area contributed by atoms with Gasteiger partial charge in [-0.2, -0.15) is 0 Å². The van der Waals surface area contributed by atoms with Crippen LogP contribution in [0.3, 0.4) is 0 Å². The van der Waals surface area contributed by atoms with Crippen molar-refractivity contribution in [2.24, 2.45) is 0 Å². The van der Waals surface area contributed by atoms with Crippen molar-refractivity contribution in [3.8, 4) is 0 Å². The Morgan fingerprint density at radius 2 is 1.86 bits per heavy atom. The van der Waals surface area contributed by atoms with E-state index in [2.05, 4.69) is 67.7 Å². The van der Waals surface area contributed by atoms with Crippen molar-refractivity contribution in [1.29, 1.82) is 0 Å². The highest BCUT2D eigenvalue weighted by molar-refractivity contribution is 6.31. The summed E-state index contributed by atoms with van der Waals surface area (Å²) in [7, 11) is 0. The third-order valence-corrected chi connectivity index (χ3v) is 4.12. The monoisotopic (exact) mass is 301 g/mol. The normalized spacial score (nSPS) is 12.3. The van der Waals surface area contributed by atoms with Crippen LogP contribution in [0.15, 0.2) is 48.5 Å². The molecule has 112 valence electrons. The van der Waals surface area contributed by atoms with E-state index in [-0.39, 0.29) is 0 Å². The molecular weight excluding hydrogens is 278 g/mol. The number of hydrogen-bond donors (Lipinski definition) is 1. The molecule has 1 atom stereocenters. The summed E-state index contributed by atoms with van der Waals surface area (Å²) in [6.07, 6.45) is 2.13. The van der Waals surface area contributed by atoms with Gasteiger partial charge < -0.3 is 5.32 Å². The van der Waals surface area contributed by atoms with E-state index in [4.69, 9.17) is 11.6 Å². The molecule has 0 radical (unpaired) electrons. The Morgan fingerprint density at radius 1 is 1.10 bits per heavy atom. The molecule has 0 spiro atoms. The highest BCUT2D eigenvalue weighted by atomic mass is 35.5. The molecule has 1 N–H and O–H groups in total. The molecule has 0 saturated heterocycles. The minimum Gasteiger partial charge on any atom is -0.316 e. The maximum Gasteiger partial charge on any atom is 0.0440 e. The molecule has 0 amide bonds. The number of hydrogen-bond acceptors (Lipinski definition) is 1. The molecule has 0 heterocycles. The van der Waals surface area contributed by atoms with Gasteiger partial charge in [0.1, 0.15) is 0 Å². The van der Waals surface area contributed by atoms with Crippen molar-refractivity contribution in [2.75, 3.05) is 13.1 Å². The van der Waals surface area contributed by atoms with E-state index in [1.165, 1.54) is 16.7 Å². The summed E-state index contributed by atoms with van der Waals surface area (Å²) >= 11 is 6.40. The molecule has 2 aromatic rings. The molecule has 0 aliphatic carbocycles. The number of rotatable bonds is 7. The Hall–Kier alpha value is -1.31. The van der Waals surface area contributed by atoms with Gasteiger partial charge in [-0.3, -0.25) is 0 Å². The number of aryl methyl sites for hydroxylation is 1. The molecule has 0 fully saturated rings. The molecule has 21 heavy (non-hydrogen) atoms. The third-order valence-electron chi connectivity index (χ3n) is 3.76. The second-order valence-corrected chi connectivity index (χ2v) is 6.02. The first-order valence-electron chi connectivity index (χ1n) is 7.71. The molecule has 0 aromatic heterocycles. The Balaban J connectivity index is 2.15. The van der Waals surface area contributed by atoms with Gasteiger partial charge in [0.25, 0.3) is 0 Å². The molecule has 1 unspecified atom stereocenters. The zero-order valence-electron chi connectivity index (χ0n) is 12.9. The average molecular weight is 302 g/mol. The lowest BCUT2D eigenvalue weighted by atomic mass is 9.91. The van der Waals surface area contributed by atoms with Gasteiger partial charge in [0.05, 0.1) is 0 Å². The van der Waals surface area contributed by atoms with Gasteiger partial charge in [-0.25, -0.2) is 0 Å². The Kier molecular flexibility index (Phi) is 6.28. The molecule has 2 rings (SSSR count). The minimum absolute atomic E-state index is 0.456. The van der Waals surface area contributed by atoms with Crippen LogP contribution in [0.25, 0.3) is 0 Å². The molecule has 0 aliphatic rings. The van der Waals surface area contributed by atoms with E-state index in [0.29, 0.717) is 5.92 Å². The first-order chi connectivity index (χ1) is 10.2. The standard InChI is InChI=1S/C19H24ClN/c1-3-11-21-14-18(16-7-5-4-6-8-16)13-17-10-9-15(2)12-19(17)20/h4-10,12,18,21H,3,11,13-14H2,1-2H3. The predicted molar refractivity (Wildman–Crippen MR) is 92.2 cm³/mol. The van der Waals surface area contributed by atoms with Crippen LogP contribution < -0.4 is 5.32 Å².